The highest BCUT2D eigenvalue weighted by molar-refractivity contribution is 5.95. The maximum atomic E-state index is 12.5. The van der Waals surface area contributed by atoms with Crippen LogP contribution in [0.2, 0.25) is 0 Å². The summed E-state index contributed by atoms with van der Waals surface area (Å²) in [6.45, 7) is 6.23. The Morgan fingerprint density at radius 2 is 2.04 bits per heavy atom. The lowest BCUT2D eigenvalue weighted by Gasteiger charge is -2.35. The Balaban J connectivity index is 1.68. The van der Waals surface area contributed by atoms with Gasteiger partial charge in [-0.2, -0.15) is 13.2 Å². The first-order chi connectivity index (χ1) is 12.9. The smallest absolute Gasteiger partial charge is 0.318 e. The SMILES string of the molecule is CCN(CC1CCNCC1)C1C=Cc2ccc(NC(=O)C(F)(F)F)cc2C1. The Labute approximate surface area is 157 Å². The number of hydrogen-bond donors (Lipinski definition) is 2. The van der Waals surface area contributed by atoms with Gasteiger partial charge in [0.05, 0.1) is 0 Å². The molecular weight excluding hydrogens is 355 g/mol. The van der Waals surface area contributed by atoms with Gasteiger partial charge in [-0.3, -0.25) is 9.69 Å². The Morgan fingerprint density at radius 3 is 2.70 bits per heavy atom. The number of nitrogens with zero attached hydrogens (tertiary/aromatic N) is 1. The topological polar surface area (TPSA) is 44.4 Å². The van der Waals surface area contributed by atoms with Gasteiger partial charge in [0, 0.05) is 18.3 Å². The van der Waals surface area contributed by atoms with Crippen molar-refractivity contribution >= 4 is 17.7 Å². The Morgan fingerprint density at radius 1 is 1.30 bits per heavy atom. The minimum atomic E-state index is -4.88. The third kappa shape index (κ3) is 5.11. The molecule has 0 aromatic heterocycles. The van der Waals surface area contributed by atoms with E-state index in [1.54, 1.807) is 12.1 Å². The quantitative estimate of drug-likeness (QED) is 0.821. The summed E-state index contributed by atoms with van der Waals surface area (Å²) in [5, 5.41) is 5.33. The summed E-state index contributed by atoms with van der Waals surface area (Å²) >= 11 is 0. The van der Waals surface area contributed by atoms with E-state index in [0.717, 1.165) is 43.7 Å². The molecule has 1 aliphatic heterocycles. The van der Waals surface area contributed by atoms with E-state index in [1.165, 1.54) is 18.9 Å². The standard InChI is InChI=1S/C20H26F3N3O/c1-2-26(13-14-7-9-24-10-8-14)18-6-4-15-3-5-17(11-16(15)12-18)25-19(27)20(21,22)23/h3-6,11,14,18,24H,2,7-10,12-13H2,1H3,(H,25,27). The highest BCUT2D eigenvalue weighted by Gasteiger charge is 2.38. The lowest BCUT2D eigenvalue weighted by Crippen LogP contribution is -2.42. The van der Waals surface area contributed by atoms with Crippen LogP contribution in [0.4, 0.5) is 18.9 Å². The zero-order valence-electron chi connectivity index (χ0n) is 15.5. The highest BCUT2D eigenvalue weighted by Crippen LogP contribution is 2.27. The van der Waals surface area contributed by atoms with Crippen molar-refractivity contribution in [2.24, 2.45) is 5.92 Å². The number of piperidine rings is 1. The van der Waals surface area contributed by atoms with Gasteiger partial charge in [0.2, 0.25) is 0 Å². The predicted molar refractivity (Wildman–Crippen MR) is 100 cm³/mol. The van der Waals surface area contributed by atoms with Gasteiger partial charge in [-0.05, 0) is 68.1 Å². The van der Waals surface area contributed by atoms with E-state index < -0.39 is 12.1 Å². The predicted octanol–water partition coefficient (Wildman–Crippen LogP) is 3.45. The number of carbonyl (C=O) groups is 1. The summed E-state index contributed by atoms with van der Waals surface area (Å²) < 4.78 is 37.4. The molecule has 1 aromatic rings. The minimum absolute atomic E-state index is 0.187. The number of anilines is 1. The summed E-state index contributed by atoms with van der Waals surface area (Å²) in [6.07, 6.45) is 2.42. The molecule has 1 atom stereocenters. The van der Waals surface area contributed by atoms with E-state index >= 15 is 0 Å². The third-order valence-electron chi connectivity index (χ3n) is 5.41. The number of rotatable bonds is 5. The molecule has 0 saturated carbocycles. The molecular formula is C20H26F3N3O. The molecule has 1 amide bonds. The second-order valence-corrected chi connectivity index (χ2v) is 7.28. The minimum Gasteiger partial charge on any atom is -0.318 e. The molecule has 3 rings (SSSR count). The van der Waals surface area contributed by atoms with Gasteiger partial charge in [0.1, 0.15) is 0 Å². The molecule has 7 heteroatoms. The van der Waals surface area contributed by atoms with Gasteiger partial charge >= 0.3 is 12.1 Å². The molecule has 1 aromatic carbocycles. The fraction of sp³-hybridized carbons (Fsp3) is 0.550. The maximum absolute atomic E-state index is 12.5. The zero-order chi connectivity index (χ0) is 19.4. The van der Waals surface area contributed by atoms with Crippen LogP contribution in [0.25, 0.3) is 6.08 Å². The lowest BCUT2D eigenvalue weighted by atomic mass is 9.91. The van der Waals surface area contributed by atoms with Gasteiger partial charge in [0.15, 0.2) is 0 Å². The Hall–Kier alpha value is -1.86. The third-order valence-corrected chi connectivity index (χ3v) is 5.41. The first-order valence-electron chi connectivity index (χ1n) is 9.51. The average molecular weight is 381 g/mol. The van der Waals surface area contributed by atoms with Crippen molar-refractivity contribution in [1.82, 2.24) is 10.2 Å². The molecule has 1 unspecified atom stereocenters. The van der Waals surface area contributed by atoms with Crippen LogP contribution in [0.1, 0.15) is 30.9 Å². The number of halogens is 3. The summed E-state index contributed by atoms with van der Waals surface area (Å²) in [6, 6.07) is 5.16. The van der Waals surface area contributed by atoms with Crippen molar-refractivity contribution in [1.29, 1.82) is 0 Å². The van der Waals surface area contributed by atoms with Crippen LogP contribution in [0.15, 0.2) is 24.3 Å². The number of benzene rings is 1. The lowest BCUT2D eigenvalue weighted by molar-refractivity contribution is -0.167. The van der Waals surface area contributed by atoms with Crippen molar-refractivity contribution in [2.75, 3.05) is 31.5 Å². The van der Waals surface area contributed by atoms with Crippen LogP contribution in [0.5, 0.6) is 0 Å². The van der Waals surface area contributed by atoms with Crippen LogP contribution in [-0.4, -0.2) is 49.2 Å². The van der Waals surface area contributed by atoms with Crippen LogP contribution in [0.3, 0.4) is 0 Å². The molecule has 1 fully saturated rings. The number of amides is 1. The van der Waals surface area contributed by atoms with Crippen LogP contribution >= 0.6 is 0 Å². The van der Waals surface area contributed by atoms with Crippen LogP contribution in [-0.2, 0) is 11.2 Å². The first-order valence-corrected chi connectivity index (χ1v) is 9.51. The number of fused-ring (bicyclic) bond motifs is 1. The van der Waals surface area contributed by atoms with Crippen molar-refractivity contribution in [2.45, 2.75) is 38.4 Å². The van der Waals surface area contributed by atoms with Gasteiger partial charge in [-0.1, -0.05) is 25.1 Å². The average Bonchev–Trinajstić information content (AvgIpc) is 2.65. The molecule has 2 aliphatic rings. The highest BCUT2D eigenvalue weighted by atomic mass is 19.4. The van der Waals surface area contributed by atoms with Crippen molar-refractivity contribution in [3.63, 3.8) is 0 Å². The second kappa shape index (κ2) is 8.44. The molecule has 0 radical (unpaired) electrons. The number of nitrogens with one attached hydrogen (secondary N) is 2. The molecule has 0 bridgehead atoms. The van der Waals surface area contributed by atoms with Gasteiger partial charge in [-0.25, -0.2) is 0 Å². The van der Waals surface area contributed by atoms with E-state index in [9.17, 15) is 18.0 Å². The number of alkyl halides is 3. The van der Waals surface area contributed by atoms with Crippen molar-refractivity contribution in [3.05, 3.63) is 35.4 Å². The molecule has 0 spiro atoms. The second-order valence-electron chi connectivity index (χ2n) is 7.28. The number of hydrogen-bond acceptors (Lipinski definition) is 3. The van der Waals surface area contributed by atoms with E-state index in [1.807, 2.05) is 11.4 Å². The van der Waals surface area contributed by atoms with E-state index in [2.05, 4.69) is 23.2 Å². The van der Waals surface area contributed by atoms with Crippen molar-refractivity contribution < 1.29 is 18.0 Å². The normalized spacial score (nSPS) is 20.6. The molecule has 27 heavy (non-hydrogen) atoms. The monoisotopic (exact) mass is 381 g/mol. The summed E-state index contributed by atoms with van der Waals surface area (Å²) in [4.78, 5) is 13.6. The van der Waals surface area contributed by atoms with Gasteiger partial charge < -0.3 is 10.6 Å². The molecule has 1 aliphatic carbocycles. The number of carbonyl (C=O) groups excluding carboxylic acids is 1. The summed E-state index contributed by atoms with van der Waals surface area (Å²) in [5.41, 5.74) is 2.15. The first kappa shape index (κ1) is 19.9. The molecule has 1 saturated heterocycles. The number of likely N-dealkylation sites (N-methyl/N-ethyl adjacent to an activating group) is 1. The molecule has 4 nitrogen and oxygen atoms in total. The summed E-state index contributed by atoms with van der Waals surface area (Å²) in [5.74, 6) is -1.26. The fourth-order valence-electron chi connectivity index (χ4n) is 3.88. The fourth-order valence-corrected chi connectivity index (χ4v) is 3.88. The van der Waals surface area contributed by atoms with E-state index in [0.29, 0.717) is 5.92 Å². The Bertz CT molecular complexity index is 696. The Kier molecular flexibility index (Phi) is 6.22. The van der Waals surface area contributed by atoms with E-state index in [-0.39, 0.29) is 11.7 Å². The molecule has 2 N–H and O–H groups in total. The van der Waals surface area contributed by atoms with Gasteiger partial charge in [0.25, 0.3) is 0 Å². The summed E-state index contributed by atoms with van der Waals surface area (Å²) in [7, 11) is 0. The molecule has 148 valence electrons. The van der Waals surface area contributed by atoms with E-state index in [4.69, 9.17) is 0 Å². The molecule has 1 heterocycles. The van der Waals surface area contributed by atoms with Crippen LogP contribution < -0.4 is 10.6 Å². The van der Waals surface area contributed by atoms with Crippen molar-refractivity contribution in [3.8, 4) is 0 Å². The van der Waals surface area contributed by atoms with Gasteiger partial charge in [-0.15, -0.1) is 0 Å². The maximum Gasteiger partial charge on any atom is 0.471 e. The van der Waals surface area contributed by atoms with Crippen LogP contribution in [0, 0.1) is 5.92 Å². The zero-order valence-corrected chi connectivity index (χ0v) is 15.5. The largest absolute Gasteiger partial charge is 0.471 e.